The second-order valence-electron chi connectivity index (χ2n) is 5.14. The summed E-state index contributed by atoms with van der Waals surface area (Å²) in [5.41, 5.74) is -1.53. The van der Waals surface area contributed by atoms with E-state index in [4.69, 9.17) is 4.74 Å². The van der Waals surface area contributed by atoms with Crippen LogP contribution in [0.4, 0.5) is 17.6 Å². The summed E-state index contributed by atoms with van der Waals surface area (Å²) in [6.07, 6.45) is -6.86. The van der Waals surface area contributed by atoms with E-state index in [0.29, 0.717) is 13.0 Å². The van der Waals surface area contributed by atoms with Crippen LogP contribution in [0.15, 0.2) is 0 Å². The number of aromatic nitrogens is 2. The molecule has 1 aromatic heterocycles. The van der Waals surface area contributed by atoms with Crippen LogP contribution in [-0.4, -0.2) is 27.7 Å². The molecule has 1 aliphatic carbocycles. The van der Waals surface area contributed by atoms with Crippen molar-refractivity contribution in [2.45, 2.75) is 50.4 Å². The predicted molar refractivity (Wildman–Crippen MR) is 59.6 cm³/mol. The van der Waals surface area contributed by atoms with Crippen LogP contribution in [0, 0.1) is 0 Å². The SMILES string of the molecule is O[C@H]1c2c(C(F)(F)F)nn(C3CCCCO3)c2C[C@H]1F. The molecule has 0 spiro atoms. The van der Waals surface area contributed by atoms with Gasteiger partial charge in [-0.25, -0.2) is 9.07 Å². The van der Waals surface area contributed by atoms with Crippen LogP contribution in [0.25, 0.3) is 0 Å². The Morgan fingerprint density at radius 3 is 2.65 bits per heavy atom. The summed E-state index contributed by atoms with van der Waals surface area (Å²) in [6, 6.07) is 0. The second kappa shape index (κ2) is 4.70. The van der Waals surface area contributed by atoms with E-state index in [0.717, 1.165) is 17.5 Å². The number of hydrogen-bond donors (Lipinski definition) is 1. The smallest absolute Gasteiger partial charge is 0.385 e. The number of hydrogen-bond acceptors (Lipinski definition) is 3. The predicted octanol–water partition coefficient (Wildman–Crippen LogP) is 2.53. The average Bonchev–Trinajstić information content (AvgIpc) is 2.89. The number of ether oxygens (including phenoxy) is 1. The molecule has 20 heavy (non-hydrogen) atoms. The standard InChI is InChI=1S/C12H14F4N2O2/c13-6-5-7-9(10(6)19)11(12(14,15)16)17-18(7)8-3-1-2-4-20-8/h6,8,10,19H,1-5H2/t6-,8?,10-/m1/s1. The minimum Gasteiger partial charge on any atom is -0.385 e. The fraction of sp³-hybridized carbons (Fsp3) is 0.750. The molecule has 2 aliphatic rings. The molecule has 4 nitrogen and oxygen atoms in total. The third-order valence-corrected chi connectivity index (χ3v) is 3.77. The Balaban J connectivity index is 2.06. The monoisotopic (exact) mass is 294 g/mol. The van der Waals surface area contributed by atoms with Crippen LogP contribution in [0.3, 0.4) is 0 Å². The normalized spacial score (nSPS) is 30.6. The van der Waals surface area contributed by atoms with Gasteiger partial charge >= 0.3 is 6.18 Å². The Morgan fingerprint density at radius 2 is 2.05 bits per heavy atom. The third kappa shape index (κ3) is 2.10. The molecule has 8 heteroatoms. The van der Waals surface area contributed by atoms with E-state index in [1.807, 2.05) is 0 Å². The fourth-order valence-electron chi connectivity index (χ4n) is 2.84. The molecule has 1 N–H and O–H groups in total. The van der Waals surface area contributed by atoms with Crippen molar-refractivity contribution < 1.29 is 27.4 Å². The van der Waals surface area contributed by atoms with Crippen molar-refractivity contribution in [1.82, 2.24) is 9.78 Å². The summed E-state index contributed by atoms with van der Waals surface area (Å²) < 4.78 is 59.0. The van der Waals surface area contributed by atoms with Crippen LogP contribution < -0.4 is 0 Å². The quantitative estimate of drug-likeness (QED) is 0.810. The first kappa shape index (κ1) is 13.8. The van der Waals surface area contributed by atoms with Crippen molar-refractivity contribution in [2.75, 3.05) is 6.61 Å². The first-order valence-electron chi connectivity index (χ1n) is 6.52. The summed E-state index contributed by atoms with van der Waals surface area (Å²) >= 11 is 0. The molecular formula is C12H14F4N2O2. The molecule has 0 bridgehead atoms. The van der Waals surface area contributed by atoms with Gasteiger partial charge in [-0.2, -0.15) is 18.3 Å². The molecule has 3 rings (SSSR count). The zero-order chi connectivity index (χ0) is 14.5. The molecule has 1 fully saturated rings. The molecule has 0 saturated carbocycles. The lowest BCUT2D eigenvalue weighted by Crippen LogP contribution is -2.22. The van der Waals surface area contributed by atoms with Crippen LogP contribution in [0.5, 0.6) is 0 Å². The first-order chi connectivity index (χ1) is 9.39. The molecule has 2 heterocycles. The van der Waals surface area contributed by atoms with E-state index in [1.54, 1.807) is 0 Å². The summed E-state index contributed by atoms with van der Waals surface area (Å²) in [4.78, 5) is 0. The van der Waals surface area contributed by atoms with Gasteiger partial charge in [0.1, 0.15) is 18.5 Å². The topological polar surface area (TPSA) is 47.3 Å². The van der Waals surface area contributed by atoms with Gasteiger partial charge in [0.25, 0.3) is 0 Å². The van der Waals surface area contributed by atoms with Crippen LogP contribution in [0.2, 0.25) is 0 Å². The Labute approximate surface area is 112 Å². The Hall–Kier alpha value is -1.15. The molecule has 0 aromatic carbocycles. The van der Waals surface area contributed by atoms with Gasteiger partial charge in [-0.05, 0) is 19.3 Å². The van der Waals surface area contributed by atoms with Crippen LogP contribution in [0.1, 0.15) is 48.5 Å². The molecule has 1 aromatic rings. The molecule has 1 aliphatic heterocycles. The van der Waals surface area contributed by atoms with Crippen molar-refractivity contribution in [1.29, 1.82) is 0 Å². The first-order valence-corrected chi connectivity index (χ1v) is 6.52. The van der Waals surface area contributed by atoms with Gasteiger partial charge in [-0.15, -0.1) is 0 Å². The lowest BCUT2D eigenvalue weighted by molar-refractivity contribution is -0.144. The highest BCUT2D eigenvalue weighted by Crippen LogP contribution is 2.43. The lowest BCUT2D eigenvalue weighted by atomic mass is 10.1. The van der Waals surface area contributed by atoms with E-state index in [2.05, 4.69) is 5.10 Å². The van der Waals surface area contributed by atoms with Gasteiger partial charge in [0.2, 0.25) is 0 Å². The van der Waals surface area contributed by atoms with Crippen molar-refractivity contribution in [3.63, 3.8) is 0 Å². The maximum atomic E-state index is 13.6. The van der Waals surface area contributed by atoms with Crippen LogP contribution in [-0.2, 0) is 17.3 Å². The average molecular weight is 294 g/mol. The summed E-state index contributed by atoms with van der Waals surface area (Å²) in [5, 5.41) is 13.2. The highest BCUT2D eigenvalue weighted by atomic mass is 19.4. The number of halogens is 4. The fourth-order valence-corrected chi connectivity index (χ4v) is 2.84. The molecule has 0 radical (unpaired) electrons. The number of nitrogens with zero attached hydrogens (tertiary/aromatic N) is 2. The maximum absolute atomic E-state index is 13.6. The Kier molecular flexibility index (Phi) is 3.24. The minimum atomic E-state index is -4.71. The minimum absolute atomic E-state index is 0.101. The van der Waals surface area contributed by atoms with E-state index >= 15 is 0 Å². The van der Waals surface area contributed by atoms with Gasteiger partial charge in [-0.3, -0.25) is 0 Å². The van der Waals surface area contributed by atoms with E-state index in [-0.39, 0.29) is 12.1 Å². The molecule has 1 unspecified atom stereocenters. The van der Waals surface area contributed by atoms with Gasteiger partial charge < -0.3 is 9.84 Å². The number of fused-ring (bicyclic) bond motifs is 1. The zero-order valence-corrected chi connectivity index (χ0v) is 10.5. The Bertz CT molecular complexity index is 508. The Morgan fingerprint density at radius 1 is 1.30 bits per heavy atom. The number of rotatable bonds is 1. The molecular weight excluding hydrogens is 280 g/mol. The zero-order valence-electron chi connectivity index (χ0n) is 10.5. The molecule has 112 valence electrons. The molecule has 3 atom stereocenters. The van der Waals surface area contributed by atoms with Crippen molar-refractivity contribution >= 4 is 0 Å². The van der Waals surface area contributed by atoms with Crippen LogP contribution >= 0.6 is 0 Å². The van der Waals surface area contributed by atoms with Gasteiger partial charge in [-0.1, -0.05) is 0 Å². The molecule has 0 amide bonds. The highest BCUT2D eigenvalue weighted by Gasteiger charge is 2.47. The summed E-state index contributed by atoms with van der Waals surface area (Å²) in [6.45, 7) is 0.447. The largest absolute Gasteiger partial charge is 0.435 e. The second-order valence-corrected chi connectivity index (χ2v) is 5.14. The highest BCUT2D eigenvalue weighted by molar-refractivity contribution is 5.37. The van der Waals surface area contributed by atoms with Crippen molar-refractivity contribution in [3.05, 3.63) is 17.0 Å². The van der Waals surface area contributed by atoms with Gasteiger partial charge in [0.15, 0.2) is 5.69 Å². The molecule has 1 saturated heterocycles. The summed E-state index contributed by atoms with van der Waals surface area (Å²) in [7, 11) is 0. The van der Waals surface area contributed by atoms with E-state index in [1.165, 1.54) is 0 Å². The van der Waals surface area contributed by atoms with Gasteiger partial charge in [0, 0.05) is 18.6 Å². The number of aliphatic hydroxyl groups excluding tert-OH is 1. The van der Waals surface area contributed by atoms with E-state index < -0.39 is 35.9 Å². The van der Waals surface area contributed by atoms with Crippen molar-refractivity contribution in [3.8, 4) is 0 Å². The third-order valence-electron chi connectivity index (χ3n) is 3.77. The number of alkyl halides is 4. The van der Waals surface area contributed by atoms with Gasteiger partial charge in [0.05, 0.1) is 5.69 Å². The summed E-state index contributed by atoms with van der Waals surface area (Å²) in [5.74, 6) is 0. The van der Waals surface area contributed by atoms with Crippen molar-refractivity contribution in [2.24, 2.45) is 0 Å². The number of aliphatic hydroxyl groups is 1. The lowest BCUT2D eigenvalue weighted by Gasteiger charge is -2.24. The maximum Gasteiger partial charge on any atom is 0.435 e. The van der Waals surface area contributed by atoms with E-state index in [9.17, 15) is 22.7 Å².